The molecule has 0 saturated carbocycles. The van der Waals surface area contributed by atoms with Crippen LogP contribution in [0.4, 0.5) is 0 Å². The second kappa shape index (κ2) is 13.7. The number of halogens is 1. The third kappa shape index (κ3) is 8.52. The Morgan fingerprint density at radius 2 is 2.12 bits per heavy atom. The van der Waals surface area contributed by atoms with Crippen LogP contribution < -0.4 is 10.6 Å². The van der Waals surface area contributed by atoms with Gasteiger partial charge in [-0.25, -0.2) is 4.98 Å². The van der Waals surface area contributed by atoms with E-state index in [1.165, 1.54) is 55.1 Å². The summed E-state index contributed by atoms with van der Waals surface area (Å²) in [6.07, 6.45) is 10.6. The first-order valence-electron chi connectivity index (χ1n) is 9.85. The number of aromatic nitrogens is 1. The van der Waals surface area contributed by atoms with Gasteiger partial charge in [0.15, 0.2) is 5.96 Å². The first kappa shape index (κ1) is 23.6. The van der Waals surface area contributed by atoms with E-state index in [1.807, 2.05) is 24.6 Å². The average molecular weight is 494 g/mol. The van der Waals surface area contributed by atoms with Crippen molar-refractivity contribution in [1.29, 1.82) is 0 Å². The van der Waals surface area contributed by atoms with Gasteiger partial charge in [0, 0.05) is 43.7 Å². The fourth-order valence-electron chi connectivity index (χ4n) is 3.27. The second-order valence-corrected chi connectivity index (χ2v) is 8.04. The van der Waals surface area contributed by atoms with Crippen LogP contribution in [0.5, 0.6) is 0 Å². The molecule has 7 heteroatoms. The summed E-state index contributed by atoms with van der Waals surface area (Å²) >= 11 is 1.81. The van der Waals surface area contributed by atoms with Gasteiger partial charge in [-0.2, -0.15) is 0 Å². The Balaban J connectivity index is 0.00000338. The minimum absolute atomic E-state index is 0. The number of rotatable bonds is 9. The first-order chi connectivity index (χ1) is 12.2. The van der Waals surface area contributed by atoms with Gasteiger partial charge in [-0.3, -0.25) is 4.99 Å². The van der Waals surface area contributed by atoms with Gasteiger partial charge in [-0.05, 0) is 52.1 Å². The Morgan fingerprint density at radius 3 is 2.81 bits per heavy atom. The molecule has 2 N–H and O–H groups in total. The van der Waals surface area contributed by atoms with Crippen molar-refractivity contribution in [2.75, 3.05) is 33.2 Å². The van der Waals surface area contributed by atoms with Crippen LogP contribution in [0.25, 0.3) is 0 Å². The number of guanidine groups is 1. The highest BCUT2D eigenvalue weighted by molar-refractivity contribution is 14.0. The van der Waals surface area contributed by atoms with E-state index in [0.717, 1.165) is 37.9 Å². The number of hydrogen-bond donors (Lipinski definition) is 2. The molecule has 0 amide bonds. The van der Waals surface area contributed by atoms with Gasteiger partial charge in [0.05, 0.1) is 5.01 Å². The third-order valence-corrected chi connectivity index (χ3v) is 6.11. The van der Waals surface area contributed by atoms with Crippen molar-refractivity contribution in [1.82, 2.24) is 20.5 Å². The minimum atomic E-state index is 0. The molecule has 1 aromatic rings. The van der Waals surface area contributed by atoms with Crippen LogP contribution in [0, 0.1) is 0 Å². The number of piperidine rings is 1. The van der Waals surface area contributed by atoms with Crippen LogP contribution >= 0.6 is 35.3 Å². The standard InChI is InChI=1S/C19H35N5S.HI/c1-4-17-15-23-18(25-17)10-12-22-19(20-3)21-11-6-8-14-24-13-7-5-9-16(24)2;/h15-16H,4-14H2,1-3H3,(H2,20,21,22);1H. The summed E-state index contributed by atoms with van der Waals surface area (Å²) in [4.78, 5) is 12.8. The number of hydrogen-bond acceptors (Lipinski definition) is 4. The summed E-state index contributed by atoms with van der Waals surface area (Å²) in [5.74, 6) is 0.901. The van der Waals surface area contributed by atoms with E-state index < -0.39 is 0 Å². The highest BCUT2D eigenvalue weighted by Crippen LogP contribution is 2.16. The smallest absolute Gasteiger partial charge is 0.190 e. The molecule has 2 rings (SSSR count). The van der Waals surface area contributed by atoms with Crippen molar-refractivity contribution in [2.24, 2.45) is 4.99 Å². The van der Waals surface area contributed by atoms with E-state index in [9.17, 15) is 0 Å². The molecule has 0 spiro atoms. The highest BCUT2D eigenvalue weighted by atomic mass is 127. The molecule has 0 aromatic carbocycles. The van der Waals surface area contributed by atoms with Crippen molar-refractivity contribution < 1.29 is 0 Å². The molecule has 0 bridgehead atoms. The van der Waals surface area contributed by atoms with Gasteiger partial charge in [-0.15, -0.1) is 35.3 Å². The maximum Gasteiger partial charge on any atom is 0.190 e. The lowest BCUT2D eigenvalue weighted by Crippen LogP contribution is -2.40. The first-order valence-corrected chi connectivity index (χ1v) is 10.7. The van der Waals surface area contributed by atoms with Crippen molar-refractivity contribution in [2.45, 2.75) is 64.8 Å². The topological polar surface area (TPSA) is 52.6 Å². The summed E-state index contributed by atoms with van der Waals surface area (Å²) in [5, 5.41) is 8.02. The zero-order valence-corrected chi connectivity index (χ0v) is 19.7. The Kier molecular flexibility index (Phi) is 12.5. The fourth-order valence-corrected chi connectivity index (χ4v) is 4.13. The molecular weight excluding hydrogens is 457 g/mol. The van der Waals surface area contributed by atoms with E-state index in [0.29, 0.717) is 0 Å². The highest BCUT2D eigenvalue weighted by Gasteiger charge is 2.16. The van der Waals surface area contributed by atoms with Crippen LogP contribution in [0.1, 0.15) is 55.8 Å². The molecule has 1 aliphatic rings. The lowest BCUT2D eigenvalue weighted by atomic mass is 10.0. The van der Waals surface area contributed by atoms with Crippen LogP contribution in [0.15, 0.2) is 11.2 Å². The molecule has 1 aromatic heterocycles. The lowest BCUT2D eigenvalue weighted by molar-refractivity contribution is 0.158. The Morgan fingerprint density at radius 1 is 1.31 bits per heavy atom. The zero-order chi connectivity index (χ0) is 17.9. The summed E-state index contributed by atoms with van der Waals surface area (Å²) in [7, 11) is 1.84. The van der Waals surface area contributed by atoms with E-state index >= 15 is 0 Å². The number of unbranched alkanes of at least 4 members (excludes halogenated alkanes) is 1. The number of likely N-dealkylation sites (tertiary alicyclic amines) is 1. The normalized spacial score (nSPS) is 18.4. The second-order valence-electron chi connectivity index (χ2n) is 6.84. The van der Waals surface area contributed by atoms with Gasteiger partial charge < -0.3 is 15.5 Å². The SMILES string of the molecule is CCc1cnc(CCNC(=NC)NCCCCN2CCCCC2C)s1.I. The van der Waals surface area contributed by atoms with E-state index in [4.69, 9.17) is 0 Å². The molecule has 0 aliphatic carbocycles. The number of aliphatic imine (C=N–C) groups is 1. The molecule has 5 nitrogen and oxygen atoms in total. The van der Waals surface area contributed by atoms with Crippen molar-refractivity contribution in [3.63, 3.8) is 0 Å². The monoisotopic (exact) mass is 493 g/mol. The number of nitrogens with one attached hydrogen (secondary N) is 2. The van der Waals surface area contributed by atoms with E-state index in [2.05, 4.69) is 39.4 Å². The molecule has 1 fully saturated rings. The quantitative estimate of drug-likeness (QED) is 0.239. The predicted octanol–water partition coefficient (Wildman–Crippen LogP) is 3.69. The van der Waals surface area contributed by atoms with Gasteiger partial charge in [0.25, 0.3) is 0 Å². The summed E-state index contributed by atoms with van der Waals surface area (Å²) in [6, 6.07) is 0.773. The number of aryl methyl sites for hydroxylation is 1. The van der Waals surface area contributed by atoms with Crippen molar-refractivity contribution >= 4 is 41.3 Å². The fraction of sp³-hybridized carbons (Fsp3) is 0.789. The molecule has 1 aliphatic heterocycles. The van der Waals surface area contributed by atoms with Crippen LogP contribution in [0.3, 0.4) is 0 Å². The van der Waals surface area contributed by atoms with Gasteiger partial charge in [-0.1, -0.05) is 13.3 Å². The molecule has 1 atom stereocenters. The summed E-state index contributed by atoms with van der Waals surface area (Å²) < 4.78 is 0. The summed E-state index contributed by atoms with van der Waals surface area (Å²) in [6.45, 7) is 8.93. The van der Waals surface area contributed by atoms with Crippen molar-refractivity contribution in [3.05, 3.63) is 16.1 Å². The predicted molar refractivity (Wildman–Crippen MR) is 124 cm³/mol. The van der Waals surface area contributed by atoms with Crippen molar-refractivity contribution in [3.8, 4) is 0 Å². The van der Waals surface area contributed by atoms with Crippen LogP contribution in [-0.2, 0) is 12.8 Å². The molecule has 26 heavy (non-hydrogen) atoms. The number of thiazole rings is 1. The third-order valence-electron chi connectivity index (χ3n) is 4.91. The zero-order valence-electron chi connectivity index (χ0n) is 16.6. The van der Waals surface area contributed by atoms with E-state index in [1.54, 1.807) is 0 Å². The van der Waals surface area contributed by atoms with E-state index in [-0.39, 0.29) is 24.0 Å². The molecule has 150 valence electrons. The maximum atomic E-state index is 4.46. The van der Waals surface area contributed by atoms with Gasteiger partial charge in [0.1, 0.15) is 0 Å². The lowest BCUT2D eigenvalue weighted by Gasteiger charge is -2.33. The van der Waals surface area contributed by atoms with Gasteiger partial charge >= 0.3 is 0 Å². The molecule has 1 saturated heterocycles. The molecular formula is C19H36IN5S. The minimum Gasteiger partial charge on any atom is -0.356 e. The molecule has 1 unspecified atom stereocenters. The largest absolute Gasteiger partial charge is 0.356 e. The van der Waals surface area contributed by atoms with Gasteiger partial charge in [0.2, 0.25) is 0 Å². The van der Waals surface area contributed by atoms with Crippen LogP contribution in [-0.4, -0.2) is 55.1 Å². The Hall–Kier alpha value is -0.410. The number of nitrogens with zero attached hydrogens (tertiary/aromatic N) is 3. The Bertz CT molecular complexity index is 520. The molecule has 2 heterocycles. The average Bonchev–Trinajstić information content (AvgIpc) is 3.09. The molecule has 0 radical (unpaired) electrons. The Labute approximate surface area is 180 Å². The maximum absolute atomic E-state index is 4.46. The summed E-state index contributed by atoms with van der Waals surface area (Å²) in [5.41, 5.74) is 0. The van der Waals surface area contributed by atoms with Crippen LogP contribution in [0.2, 0.25) is 0 Å².